The van der Waals surface area contributed by atoms with Gasteiger partial charge in [0.25, 0.3) is 0 Å². The summed E-state index contributed by atoms with van der Waals surface area (Å²) in [6, 6.07) is 0. The number of rotatable bonds is 4. The van der Waals surface area contributed by atoms with E-state index in [0.717, 1.165) is 38.1 Å². The maximum absolute atomic E-state index is 5.76. The summed E-state index contributed by atoms with van der Waals surface area (Å²) in [7, 11) is 0. The normalized spacial score (nSPS) is 25.0. The molecule has 120 valence electrons. The summed E-state index contributed by atoms with van der Waals surface area (Å²) >= 11 is 0. The number of hydrogen-bond acceptors (Lipinski definition) is 8. The average Bonchev–Trinajstić information content (AvgIpc) is 3.35. The van der Waals surface area contributed by atoms with E-state index in [4.69, 9.17) is 9.47 Å². The summed E-state index contributed by atoms with van der Waals surface area (Å²) < 4.78 is 11.5. The van der Waals surface area contributed by atoms with Crippen molar-refractivity contribution in [2.75, 3.05) is 54.5 Å². The number of nitrogens with zero attached hydrogens (tertiary/aromatic N) is 5. The lowest BCUT2D eigenvalue weighted by Gasteiger charge is -2.41. The molecule has 0 amide bonds. The quantitative estimate of drug-likeness (QED) is 0.805. The molecule has 0 unspecified atom stereocenters. The maximum atomic E-state index is 5.76. The van der Waals surface area contributed by atoms with Crippen LogP contribution in [-0.4, -0.2) is 65.7 Å². The van der Waals surface area contributed by atoms with E-state index in [1.54, 1.807) is 0 Å². The Morgan fingerprint density at radius 1 is 0.864 bits per heavy atom. The highest BCUT2D eigenvalue weighted by Gasteiger charge is 2.38. The number of hydrogen-bond donors (Lipinski definition) is 1. The number of ether oxygens (including phenoxy) is 2. The van der Waals surface area contributed by atoms with Crippen LogP contribution in [0.2, 0.25) is 0 Å². The second-order valence-electron chi connectivity index (χ2n) is 6.90. The van der Waals surface area contributed by atoms with Crippen LogP contribution in [0.3, 0.4) is 0 Å². The Morgan fingerprint density at radius 3 is 1.82 bits per heavy atom. The number of anilines is 3. The molecule has 0 saturated carbocycles. The van der Waals surface area contributed by atoms with Crippen LogP contribution in [0.4, 0.5) is 17.8 Å². The molecule has 3 aliphatic rings. The van der Waals surface area contributed by atoms with Crippen LogP contribution in [0.5, 0.6) is 0 Å². The van der Waals surface area contributed by atoms with Crippen LogP contribution in [0, 0.1) is 0 Å². The zero-order chi connectivity index (χ0) is 15.4. The first-order valence-corrected chi connectivity index (χ1v) is 7.75. The molecule has 1 N–H and O–H groups in total. The smallest absolute Gasteiger partial charge is 0.232 e. The van der Waals surface area contributed by atoms with Crippen molar-refractivity contribution < 1.29 is 9.47 Å². The Hall–Kier alpha value is -1.67. The molecule has 0 aliphatic carbocycles. The minimum Gasteiger partial charge on any atom is -0.348 e. The van der Waals surface area contributed by atoms with Crippen molar-refractivity contribution in [2.45, 2.75) is 32.1 Å². The standard InChI is InChI=1S/C14H22N6O2/c1-13(2)21-8-14(3,9-22-13)18-10-15-11(19-4-5-19)17-12(16-10)20-6-7-20/h4-9H2,1-3H3,(H,15,16,17,18). The molecule has 0 bridgehead atoms. The third kappa shape index (κ3) is 2.93. The fourth-order valence-corrected chi connectivity index (χ4v) is 2.28. The summed E-state index contributed by atoms with van der Waals surface area (Å²) in [4.78, 5) is 17.8. The molecule has 3 fully saturated rings. The van der Waals surface area contributed by atoms with Gasteiger partial charge in [-0.1, -0.05) is 0 Å². The van der Waals surface area contributed by atoms with Crippen LogP contribution in [0.1, 0.15) is 20.8 Å². The lowest BCUT2D eigenvalue weighted by Crippen LogP contribution is -2.54. The van der Waals surface area contributed by atoms with Crippen LogP contribution < -0.4 is 15.1 Å². The Bertz CT molecular complexity index is 544. The molecule has 4 heterocycles. The van der Waals surface area contributed by atoms with Crippen LogP contribution >= 0.6 is 0 Å². The molecular weight excluding hydrogens is 284 g/mol. The fourth-order valence-electron chi connectivity index (χ4n) is 2.28. The first-order chi connectivity index (χ1) is 10.4. The molecule has 0 atom stereocenters. The van der Waals surface area contributed by atoms with Crippen molar-refractivity contribution in [3.8, 4) is 0 Å². The molecular formula is C14H22N6O2. The van der Waals surface area contributed by atoms with Crippen LogP contribution in [-0.2, 0) is 9.47 Å². The Morgan fingerprint density at radius 2 is 1.36 bits per heavy atom. The SMILES string of the molecule is CC1(Nc2nc(N3CC3)nc(N3CC3)n2)COC(C)(C)OC1. The third-order valence-corrected chi connectivity index (χ3v) is 3.96. The van der Waals surface area contributed by atoms with Gasteiger partial charge in [-0.25, -0.2) is 0 Å². The van der Waals surface area contributed by atoms with E-state index in [0.29, 0.717) is 19.2 Å². The van der Waals surface area contributed by atoms with Gasteiger partial charge in [-0.15, -0.1) is 0 Å². The molecule has 8 heteroatoms. The van der Waals surface area contributed by atoms with Gasteiger partial charge in [0.2, 0.25) is 17.8 Å². The molecule has 0 radical (unpaired) electrons. The van der Waals surface area contributed by atoms with Gasteiger partial charge in [0, 0.05) is 26.2 Å². The summed E-state index contributed by atoms with van der Waals surface area (Å²) in [6.45, 7) is 11.1. The molecule has 8 nitrogen and oxygen atoms in total. The van der Waals surface area contributed by atoms with Crippen LogP contribution in [0.15, 0.2) is 0 Å². The van der Waals surface area contributed by atoms with Gasteiger partial charge in [0.15, 0.2) is 5.79 Å². The van der Waals surface area contributed by atoms with E-state index in [1.165, 1.54) is 0 Å². The van der Waals surface area contributed by atoms with Gasteiger partial charge in [-0.3, -0.25) is 0 Å². The number of nitrogens with one attached hydrogen (secondary N) is 1. The second-order valence-corrected chi connectivity index (χ2v) is 6.90. The molecule has 22 heavy (non-hydrogen) atoms. The zero-order valence-electron chi connectivity index (χ0n) is 13.3. The van der Waals surface area contributed by atoms with Crippen molar-refractivity contribution in [2.24, 2.45) is 0 Å². The lowest BCUT2D eigenvalue weighted by atomic mass is 10.0. The molecule has 4 rings (SSSR count). The first-order valence-electron chi connectivity index (χ1n) is 7.75. The van der Waals surface area contributed by atoms with E-state index in [1.807, 2.05) is 13.8 Å². The maximum Gasteiger partial charge on any atom is 0.232 e. The molecule has 3 saturated heterocycles. The third-order valence-electron chi connectivity index (χ3n) is 3.96. The van der Waals surface area contributed by atoms with E-state index in [-0.39, 0.29) is 5.54 Å². The van der Waals surface area contributed by atoms with E-state index < -0.39 is 5.79 Å². The predicted octanol–water partition coefficient (Wildman–Crippen LogP) is 0.465. The van der Waals surface area contributed by atoms with Gasteiger partial charge in [0.05, 0.1) is 18.8 Å². The second kappa shape index (κ2) is 4.66. The largest absolute Gasteiger partial charge is 0.348 e. The number of aromatic nitrogens is 3. The van der Waals surface area contributed by atoms with Gasteiger partial charge in [-0.2, -0.15) is 15.0 Å². The van der Waals surface area contributed by atoms with Gasteiger partial charge in [-0.05, 0) is 20.8 Å². The van der Waals surface area contributed by atoms with Gasteiger partial charge >= 0.3 is 0 Å². The minimum atomic E-state index is -0.532. The van der Waals surface area contributed by atoms with Crippen molar-refractivity contribution in [1.29, 1.82) is 0 Å². The van der Waals surface area contributed by atoms with E-state index >= 15 is 0 Å². The highest BCUT2D eigenvalue weighted by Crippen LogP contribution is 2.28. The topological polar surface area (TPSA) is 75.2 Å². The Balaban J connectivity index is 1.54. The van der Waals surface area contributed by atoms with E-state index in [2.05, 4.69) is 37.0 Å². The monoisotopic (exact) mass is 306 g/mol. The van der Waals surface area contributed by atoms with Crippen molar-refractivity contribution in [1.82, 2.24) is 15.0 Å². The van der Waals surface area contributed by atoms with E-state index in [9.17, 15) is 0 Å². The zero-order valence-corrected chi connectivity index (χ0v) is 13.3. The van der Waals surface area contributed by atoms with Gasteiger partial charge in [0.1, 0.15) is 0 Å². The summed E-state index contributed by atoms with van der Waals surface area (Å²) in [5.41, 5.74) is -0.344. The predicted molar refractivity (Wildman–Crippen MR) is 82.3 cm³/mol. The van der Waals surface area contributed by atoms with Crippen molar-refractivity contribution in [3.63, 3.8) is 0 Å². The lowest BCUT2D eigenvalue weighted by molar-refractivity contribution is -0.261. The fraction of sp³-hybridized carbons (Fsp3) is 0.786. The molecule has 0 aromatic carbocycles. The molecule has 1 aromatic rings. The molecule has 3 aliphatic heterocycles. The minimum absolute atomic E-state index is 0.344. The average molecular weight is 306 g/mol. The van der Waals surface area contributed by atoms with Gasteiger partial charge < -0.3 is 24.6 Å². The summed E-state index contributed by atoms with van der Waals surface area (Å²) in [5, 5.41) is 3.38. The van der Waals surface area contributed by atoms with Crippen molar-refractivity contribution >= 4 is 17.8 Å². The Kier molecular flexibility index (Phi) is 2.96. The molecule has 0 spiro atoms. The first kappa shape index (κ1) is 14.0. The molecule has 1 aromatic heterocycles. The highest BCUT2D eigenvalue weighted by molar-refractivity contribution is 5.51. The highest BCUT2D eigenvalue weighted by atomic mass is 16.7. The summed E-state index contributed by atoms with van der Waals surface area (Å²) in [6.07, 6.45) is 0. The van der Waals surface area contributed by atoms with Crippen molar-refractivity contribution in [3.05, 3.63) is 0 Å². The summed E-state index contributed by atoms with van der Waals surface area (Å²) in [5.74, 6) is 1.56. The Labute approximate surface area is 129 Å². The van der Waals surface area contributed by atoms with Crippen LogP contribution in [0.25, 0.3) is 0 Å².